The van der Waals surface area contributed by atoms with E-state index >= 15 is 0 Å². The van der Waals surface area contributed by atoms with Crippen molar-refractivity contribution in [2.24, 2.45) is 15.7 Å². The number of amidine groups is 2. The van der Waals surface area contributed by atoms with Gasteiger partial charge in [0.2, 0.25) is 5.91 Å². The average molecular weight is 616 g/mol. The molecule has 0 radical (unpaired) electrons. The van der Waals surface area contributed by atoms with Crippen LogP contribution in [0.1, 0.15) is 94.0 Å². The van der Waals surface area contributed by atoms with Crippen molar-refractivity contribution in [1.82, 2.24) is 10.2 Å². The summed E-state index contributed by atoms with van der Waals surface area (Å²) in [7, 11) is 1.31. The Hall–Kier alpha value is -3.41. The van der Waals surface area contributed by atoms with Crippen molar-refractivity contribution in [2.75, 3.05) is 26.7 Å². The molecular formula is C31H45N5O6S. The summed E-state index contributed by atoms with van der Waals surface area (Å²) in [6, 6.07) is 6.58. The summed E-state index contributed by atoms with van der Waals surface area (Å²) in [6.45, 7) is 5.28. The number of rotatable bonds is 14. The van der Waals surface area contributed by atoms with Crippen LogP contribution < -0.4 is 11.1 Å². The van der Waals surface area contributed by atoms with Gasteiger partial charge in [-0.3, -0.25) is 24.2 Å². The Bertz CT molecular complexity index is 1170. The highest BCUT2D eigenvalue weighted by Gasteiger charge is 2.40. The fourth-order valence-electron chi connectivity index (χ4n) is 4.98. The Kier molecular flexibility index (Phi) is 14.0. The first-order valence-electron chi connectivity index (χ1n) is 15.2. The van der Waals surface area contributed by atoms with E-state index < -0.39 is 17.1 Å². The van der Waals surface area contributed by atoms with Gasteiger partial charge in [-0.05, 0) is 57.6 Å². The van der Waals surface area contributed by atoms with Gasteiger partial charge in [0.05, 0.1) is 13.5 Å². The maximum absolute atomic E-state index is 13.1. The number of unbranched alkanes of at least 4 members (excludes halogenated alkanes) is 1. The Morgan fingerprint density at radius 2 is 1.72 bits per heavy atom. The molecule has 11 nitrogen and oxygen atoms in total. The third kappa shape index (κ3) is 10.7. The molecule has 12 heteroatoms. The van der Waals surface area contributed by atoms with Gasteiger partial charge in [-0.2, -0.15) is 4.99 Å². The molecule has 1 saturated heterocycles. The van der Waals surface area contributed by atoms with Gasteiger partial charge < -0.3 is 25.4 Å². The number of thioether (sulfide) groups is 1. The molecule has 0 spiro atoms. The number of hydrogen-bond donors (Lipinski definition) is 2. The van der Waals surface area contributed by atoms with Crippen LogP contribution in [-0.4, -0.2) is 83.8 Å². The third-order valence-electron chi connectivity index (χ3n) is 7.57. The number of amides is 2. The van der Waals surface area contributed by atoms with Crippen molar-refractivity contribution in [3.63, 3.8) is 0 Å². The van der Waals surface area contributed by atoms with E-state index in [0.717, 1.165) is 38.5 Å². The first kappa shape index (κ1) is 34.1. The summed E-state index contributed by atoms with van der Waals surface area (Å²) in [5, 5.41) is 2.83. The molecule has 3 rings (SSSR count). The molecule has 2 unspecified atom stereocenters. The van der Waals surface area contributed by atoms with Gasteiger partial charge in [-0.25, -0.2) is 0 Å². The third-order valence-corrected chi connectivity index (χ3v) is 8.97. The van der Waals surface area contributed by atoms with Crippen LogP contribution in [0.3, 0.4) is 0 Å². The topological polar surface area (TPSA) is 153 Å². The lowest BCUT2D eigenvalue weighted by molar-refractivity contribution is -0.150. The van der Waals surface area contributed by atoms with Crippen molar-refractivity contribution < 1.29 is 28.7 Å². The molecule has 2 amide bonds. The molecule has 2 fully saturated rings. The minimum Gasteiger partial charge on any atom is -0.469 e. The summed E-state index contributed by atoms with van der Waals surface area (Å²) in [5.41, 5.74) is 7.22. The zero-order valence-corrected chi connectivity index (χ0v) is 26.3. The average Bonchev–Trinajstić information content (AvgIpc) is 3.32. The molecule has 2 aliphatic rings. The van der Waals surface area contributed by atoms with Crippen molar-refractivity contribution in [3.8, 4) is 0 Å². The SMILES string of the molecule is CCCCN1C(=NC(=O)c2ccc(C(N)=NCCCC(=O)OC3CCCCC3)cc2)SC(C(=O)NCCC(=O)OC)C1C. The standard InChI is InChI=1S/C31H45N5O6S/c1-4-5-20-36-21(2)27(30(40)34-19-17-25(37)41-3)43-31(36)35-29(39)23-15-13-22(14-16-23)28(32)33-18-9-12-26(38)42-24-10-7-6-8-11-24/h13-16,21,24,27H,4-12,17-20H2,1-3H3,(H2,32,33)(H,34,40). The zero-order valence-electron chi connectivity index (χ0n) is 25.5. The van der Waals surface area contributed by atoms with Gasteiger partial charge in [0.15, 0.2) is 5.17 Å². The number of nitrogens with two attached hydrogens (primary N) is 1. The van der Waals surface area contributed by atoms with Crippen molar-refractivity contribution in [1.29, 1.82) is 0 Å². The number of aliphatic imine (C=N–C) groups is 2. The largest absolute Gasteiger partial charge is 0.469 e. The molecule has 0 aromatic heterocycles. The zero-order chi connectivity index (χ0) is 31.2. The fraction of sp³-hybridized carbons (Fsp3) is 0.613. The first-order valence-corrected chi connectivity index (χ1v) is 16.1. The quantitative estimate of drug-likeness (QED) is 0.138. The number of esters is 2. The fourth-order valence-corrected chi connectivity index (χ4v) is 6.27. The molecule has 2 atom stereocenters. The summed E-state index contributed by atoms with van der Waals surface area (Å²) in [6.07, 6.45) is 8.21. The smallest absolute Gasteiger partial charge is 0.307 e. The second kappa shape index (κ2) is 17.6. The second-order valence-corrected chi connectivity index (χ2v) is 11.9. The van der Waals surface area contributed by atoms with Crippen LogP contribution in [-0.2, 0) is 23.9 Å². The molecule has 1 saturated carbocycles. The summed E-state index contributed by atoms with van der Waals surface area (Å²) < 4.78 is 10.2. The number of nitrogens with zero attached hydrogens (tertiary/aromatic N) is 3. The van der Waals surface area contributed by atoms with E-state index in [4.69, 9.17) is 10.5 Å². The first-order chi connectivity index (χ1) is 20.7. The number of methoxy groups -OCH3 is 1. The molecular weight excluding hydrogens is 570 g/mol. The van der Waals surface area contributed by atoms with Crippen LogP contribution in [0.25, 0.3) is 0 Å². The molecule has 43 heavy (non-hydrogen) atoms. The monoisotopic (exact) mass is 615 g/mol. The lowest BCUT2D eigenvalue weighted by Gasteiger charge is -2.24. The van der Waals surface area contributed by atoms with E-state index in [1.165, 1.54) is 25.3 Å². The summed E-state index contributed by atoms with van der Waals surface area (Å²) >= 11 is 1.26. The summed E-state index contributed by atoms with van der Waals surface area (Å²) in [5.74, 6) is -0.866. The van der Waals surface area contributed by atoms with Gasteiger partial charge in [0.1, 0.15) is 17.2 Å². The normalized spacial score (nSPS) is 20.2. The number of hydrogen-bond acceptors (Lipinski definition) is 8. The van der Waals surface area contributed by atoms with Crippen molar-refractivity contribution >= 4 is 46.5 Å². The van der Waals surface area contributed by atoms with Crippen LogP contribution in [0.2, 0.25) is 0 Å². The number of nitrogens with one attached hydrogen (secondary N) is 1. The van der Waals surface area contributed by atoms with Crippen LogP contribution in [0, 0.1) is 0 Å². The van der Waals surface area contributed by atoms with Crippen LogP contribution in [0.15, 0.2) is 34.3 Å². The molecule has 1 aromatic carbocycles. The van der Waals surface area contributed by atoms with Crippen molar-refractivity contribution in [2.45, 2.75) is 95.5 Å². The van der Waals surface area contributed by atoms with E-state index in [1.54, 1.807) is 24.3 Å². The van der Waals surface area contributed by atoms with E-state index in [-0.39, 0.29) is 37.0 Å². The van der Waals surface area contributed by atoms with E-state index in [0.29, 0.717) is 48.1 Å². The molecule has 1 aliphatic heterocycles. The number of carbonyl (C=O) groups is 4. The molecule has 1 aromatic rings. The highest BCUT2D eigenvalue weighted by molar-refractivity contribution is 8.15. The van der Waals surface area contributed by atoms with Gasteiger partial charge in [-0.15, -0.1) is 0 Å². The van der Waals surface area contributed by atoms with Crippen LogP contribution >= 0.6 is 11.8 Å². The highest BCUT2D eigenvalue weighted by atomic mass is 32.2. The maximum atomic E-state index is 13.1. The number of carbonyl (C=O) groups excluding carboxylic acids is 4. The minimum atomic E-state index is -0.464. The van der Waals surface area contributed by atoms with Crippen LogP contribution in [0.4, 0.5) is 0 Å². The predicted octanol–water partition coefficient (Wildman–Crippen LogP) is 3.83. The van der Waals surface area contributed by atoms with Gasteiger partial charge in [-0.1, -0.05) is 43.7 Å². The van der Waals surface area contributed by atoms with Crippen LogP contribution in [0.5, 0.6) is 0 Å². The predicted molar refractivity (Wildman–Crippen MR) is 168 cm³/mol. The molecule has 1 aliphatic carbocycles. The van der Waals surface area contributed by atoms with Gasteiger partial charge in [0, 0.05) is 43.2 Å². The lowest BCUT2D eigenvalue weighted by atomic mass is 9.98. The Morgan fingerprint density at radius 3 is 2.40 bits per heavy atom. The lowest BCUT2D eigenvalue weighted by Crippen LogP contribution is -2.43. The Balaban J connectivity index is 1.56. The Morgan fingerprint density at radius 1 is 1.02 bits per heavy atom. The van der Waals surface area contributed by atoms with E-state index in [2.05, 4.69) is 27.0 Å². The number of benzene rings is 1. The van der Waals surface area contributed by atoms with Crippen molar-refractivity contribution in [3.05, 3.63) is 35.4 Å². The summed E-state index contributed by atoms with van der Waals surface area (Å²) in [4.78, 5) is 60.2. The molecule has 236 valence electrons. The molecule has 1 heterocycles. The Labute approximate surface area is 258 Å². The highest BCUT2D eigenvalue weighted by Crippen LogP contribution is 2.32. The second-order valence-electron chi connectivity index (χ2n) is 10.8. The van der Waals surface area contributed by atoms with E-state index in [9.17, 15) is 19.2 Å². The molecule has 0 bridgehead atoms. The van der Waals surface area contributed by atoms with E-state index in [1.807, 2.05) is 11.8 Å². The van der Waals surface area contributed by atoms with Gasteiger partial charge >= 0.3 is 11.9 Å². The number of ether oxygens (including phenoxy) is 2. The molecule has 3 N–H and O–H groups in total. The maximum Gasteiger partial charge on any atom is 0.307 e. The minimum absolute atomic E-state index is 0.0569. The van der Waals surface area contributed by atoms with Gasteiger partial charge in [0.25, 0.3) is 5.91 Å².